The molecule has 1 nitrogen and oxygen atoms in total. The Kier molecular flexibility index (Phi) is 3.22. The van der Waals surface area contributed by atoms with Gasteiger partial charge in [-0.25, -0.2) is 0 Å². The number of hydrogen-bond acceptors (Lipinski definition) is 1. The molecule has 1 aromatic carbocycles. The molecule has 2 rings (SSSR count). The van der Waals surface area contributed by atoms with E-state index < -0.39 is 0 Å². The largest absolute Gasteiger partial charge is 0.324 e. The molecule has 0 radical (unpaired) electrons. The normalized spacial score (nSPS) is 17.6. The quantitative estimate of drug-likeness (QED) is 0.747. The van der Waals surface area contributed by atoms with Gasteiger partial charge in [0, 0.05) is 6.04 Å². The first-order chi connectivity index (χ1) is 7.27. The van der Waals surface area contributed by atoms with Gasteiger partial charge in [-0.15, -0.1) is 0 Å². The van der Waals surface area contributed by atoms with Crippen LogP contribution in [-0.2, 0) is 6.42 Å². The van der Waals surface area contributed by atoms with Gasteiger partial charge in [-0.05, 0) is 43.7 Å². The molecule has 80 valence electrons. The molecule has 1 aliphatic carbocycles. The first-order valence-corrected chi connectivity index (χ1v) is 5.76. The van der Waals surface area contributed by atoms with Gasteiger partial charge in [-0.2, -0.15) is 0 Å². The summed E-state index contributed by atoms with van der Waals surface area (Å²) in [5.41, 5.74) is 10.4. The number of aryl methyl sites for hydroxylation is 1. The lowest BCUT2D eigenvalue weighted by Gasteiger charge is -2.14. The van der Waals surface area contributed by atoms with Crippen molar-refractivity contribution < 1.29 is 0 Å². The van der Waals surface area contributed by atoms with Crippen molar-refractivity contribution in [2.75, 3.05) is 0 Å². The molecule has 2 N–H and O–H groups in total. The highest BCUT2D eigenvalue weighted by molar-refractivity contribution is 5.29. The topological polar surface area (TPSA) is 26.0 Å². The van der Waals surface area contributed by atoms with Gasteiger partial charge < -0.3 is 5.73 Å². The number of hydrogen-bond donors (Lipinski definition) is 1. The van der Waals surface area contributed by atoms with Gasteiger partial charge in [0.25, 0.3) is 0 Å². The van der Waals surface area contributed by atoms with E-state index in [4.69, 9.17) is 5.73 Å². The summed E-state index contributed by atoms with van der Waals surface area (Å²) in [4.78, 5) is 0. The van der Waals surface area contributed by atoms with Crippen LogP contribution in [0, 0.1) is 6.92 Å². The summed E-state index contributed by atoms with van der Waals surface area (Å²) in [5, 5.41) is 0. The van der Waals surface area contributed by atoms with Crippen LogP contribution in [0.15, 0.2) is 35.9 Å². The van der Waals surface area contributed by atoms with Gasteiger partial charge in [0.2, 0.25) is 0 Å². The van der Waals surface area contributed by atoms with Crippen molar-refractivity contribution in [3.05, 3.63) is 47.0 Å². The minimum atomic E-state index is 0.230. The molecule has 1 aliphatic rings. The lowest BCUT2D eigenvalue weighted by Crippen LogP contribution is -2.25. The van der Waals surface area contributed by atoms with Crippen LogP contribution in [0.25, 0.3) is 0 Å². The maximum atomic E-state index is 6.21. The molecule has 0 heterocycles. The van der Waals surface area contributed by atoms with Crippen LogP contribution in [-0.4, -0.2) is 6.04 Å². The molecule has 0 aromatic heterocycles. The minimum absolute atomic E-state index is 0.230. The third-order valence-corrected chi connectivity index (χ3v) is 3.25. The van der Waals surface area contributed by atoms with E-state index in [1.807, 2.05) is 0 Å². The van der Waals surface area contributed by atoms with E-state index in [-0.39, 0.29) is 6.04 Å². The zero-order chi connectivity index (χ0) is 10.7. The van der Waals surface area contributed by atoms with E-state index in [9.17, 15) is 0 Å². The fourth-order valence-electron chi connectivity index (χ4n) is 2.24. The first-order valence-electron chi connectivity index (χ1n) is 5.76. The summed E-state index contributed by atoms with van der Waals surface area (Å²) >= 11 is 0. The van der Waals surface area contributed by atoms with Gasteiger partial charge >= 0.3 is 0 Å². The Morgan fingerprint density at radius 2 is 2.13 bits per heavy atom. The van der Waals surface area contributed by atoms with Crippen molar-refractivity contribution in [1.29, 1.82) is 0 Å². The second-order valence-corrected chi connectivity index (χ2v) is 4.41. The molecule has 1 aromatic rings. The lowest BCUT2D eigenvalue weighted by molar-refractivity contribution is 0.726. The molecule has 0 spiro atoms. The van der Waals surface area contributed by atoms with Crippen LogP contribution in [0.1, 0.15) is 30.4 Å². The van der Waals surface area contributed by atoms with Gasteiger partial charge in [0.15, 0.2) is 0 Å². The van der Waals surface area contributed by atoms with E-state index in [2.05, 4.69) is 37.3 Å². The Morgan fingerprint density at radius 1 is 1.33 bits per heavy atom. The van der Waals surface area contributed by atoms with E-state index >= 15 is 0 Å². The Hall–Kier alpha value is -1.08. The third-order valence-electron chi connectivity index (χ3n) is 3.25. The fraction of sp³-hybridized carbons (Fsp3) is 0.429. The van der Waals surface area contributed by atoms with E-state index in [1.165, 1.54) is 36.0 Å². The summed E-state index contributed by atoms with van der Waals surface area (Å²) < 4.78 is 0. The highest BCUT2D eigenvalue weighted by atomic mass is 14.6. The Labute approximate surface area is 92.0 Å². The van der Waals surface area contributed by atoms with E-state index in [0.29, 0.717) is 0 Å². The van der Waals surface area contributed by atoms with Crippen LogP contribution in [0.2, 0.25) is 0 Å². The van der Waals surface area contributed by atoms with Crippen molar-refractivity contribution >= 4 is 0 Å². The molecular formula is C14H19N. The molecule has 0 amide bonds. The lowest BCUT2D eigenvalue weighted by atomic mass is 9.96. The van der Waals surface area contributed by atoms with Gasteiger partial charge in [0.1, 0.15) is 0 Å². The highest BCUT2D eigenvalue weighted by Crippen LogP contribution is 2.22. The molecule has 15 heavy (non-hydrogen) atoms. The molecule has 0 aliphatic heterocycles. The fourth-order valence-corrected chi connectivity index (χ4v) is 2.24. The smallest absolute Gasteiger partial charge is 0.0294 e. The van der Waals surface area contributed by atoms with Gasteiger partial charge in [0.05, 0.1) is 0 Å². The average molecular weight is 201 g/mol. The average Bonchev–Trinajstić information content (AvgIpc) is 2.74. The molecule has 0 fully saturated rings. The second-order valence-electron chi connectivity index (χ2n) is 4.41. The number of benzene rings is 1. The number of nitrogens with two attached hydrogens (primary N) is 1. The van der Waals surface area contributed by atoms with Gasteiger partial charge in [-0.1, -0.05) is 35.9 Å². The Morgan fingerprint density at radius 3 is 2.80 bits per heavy atom. The van der Waals surface area contributed by atoms with Crippen molar-refractivity contribution in [3.63, 3.8) is 0 Å². The summed E-state index contributed by atoms with van der Waals surface area (Å²) in [7, 11) is 0. The van der Waals surface area contributed by atoms with Crippen LogP contribution in [0.5, 0.6) is 0 Å². The molecule has 1 atom stereocenters. The van der Waals surface area contributed by atoms with Crippen molar-refractivity contribution in [1.82, 2.24) is 0 Å². The molecule has 1 heteroatoms. The van der Waals surface area contributed by atoms with Crippen molar-refractivity contribution in [2.45, 2.75) is 38.6 Å². The molecule has 0 saturated carbocycles. The molecule has 0 saturated heterocycles. The van der Waals surface area contributed by atoms with Crippen LogP contribution in [0.4, 0.5) is 0 Å². The molecule has 1 unspecified atom stereocenters. The van der Waals surface area contributed by atoms with Crippen LogP contribution < -0.4 is 5.73 Å². The highest BCUT2D eigenvalue weighted by Gasteiger charge is 2.13. The van der Waals surface area contributed by atoms with Crippen LogP contribution in [0.3, 0.4) is 0 Å². The third kappa shape index (κ3) is 2.48. The summed E-state index contributed by atoms with van der Waals surface area (Å²) in [6, 6.07) is 8.75. The van der Waals surface area contributed by atoms with Gasteiger partial charge in [-0.3, -0.25) is 0 Å². The van der Waals surface area contributed by atoms with Crippen LogP contribution >= 0.6 is 0 Å². The van der Waals surface area contributed by atoms with Crippen molar-refractivity contribution in [2.24, 2.45) is 5.73 Å². The minimum Gasteiger partial charge on any atom is -0.324 e. The summed E-state index contributed by atoms with van der Waals surface area (Å²) in [6.07, 6.45) is 7.02. The Balaban J connectivity index is 2.05. The predicted molar refractivity (Wildman–Crippen MR) is 64.8 cm³/mol. The molecule has 0 bridgehead atoms. The standard InChI is InChI=1S/C14H19N/c1-11-6-2-3-9-13(11)10-14(15)12-7-4-5-8-12/h2-3,6-7,9,14H,4-5,8,10,15H2,1H3. The number of allylic oxidation sites excluding steroid dienone is 1. The maximum absolute atomic E-state index is 6.21. The second kappa shape index (κ2) is 4.63. The zero-order valence-electron chi connectivity index (χ0n) is 9.37. The Bertz CT molecular complexity index is 365. The maximum Gasteiger partial charge on any atom is 0.0294 e. The molecular weight excluding hydrogens is 182 g/mol. The summed E-state index contributed by atoms with van der Waals surface area (Å²) in [6.45, 7) is 2.16. The number of rotatable bonds is 3. The monoisotopic (exact) mass is 201 g/mol. The SMILES string of the molecule is Cc1ccccc1CC(N)C1=CCCC1. The van der Waals surface area contributed by atoms with E-state index in [0.717, 1.165) is 6.42 Å². The predicted octanol–water partition coefficient (Wildman–Crippen LogP) is 2.98. The van der Waals surface area contributed by atoms with Crippen molar-refractivity contribution in [3.8, 4) is 0 Å². The first kappa shape index (κ1) is 10.4. The zero-order valence-corrected chi connectivity index (χ0v) is 9.37. The van der Waals surface area contributed by atoms with E-state index in [1.54, 1.807) is 0 Å². The summed E-state index contributed by atoms with van der Waals surface area (Å²) in [5.74, 6) is 0.